The van der Waals surface area contributed by atoms with Crippen molar-refractivity contribution in [3.05, 3.63) is 35.5 Å². The molecule has 0 unspecified atom stereocenters. The Labute approximate surface area is 152 Å². The molecule has 3 N–H and O–H groups in total. The maximum Gasteiger partial charge on any atom is 0.275 e. The molecule has 1 aromatic carbocycles. The van der Waals surface area contributed by atoms with Crippen LogP contribution in [0, 0.1) is 0 Å². The second-order valence-corrected chi connectivity index (χ2v) is 7.62. The molecule has 25 heavy (non-hydrogen) atoms. The van der Waals surface area contributed by atoms with E-state index in [-0.39, 0.29) is 17.4 Å². The lowest BCUT2D eigenvalue weighted by Gasteiger charge is -2.03. The number of H-pyrrole nitrogens is 1. The first kappa shape index (κ1) is 17.4. The number of phenols is 1. The van der Waals surface area contributed by atoms with Crippen molar-refractivity contribution >= 4 is 34.1 Å². The largest absolute Gasteiger partial charge is 0.507 e. The average Bonchev–Trinajstić information content (AvgIpc) is 3.25. The highest BCUT2D eigenvalue weighted by atomic mass is 32.2. The van der Waals surface area contributed by atoms with Crippen LogP contribution in [0.25, 0.3) is 11.3 Å². The third kappa shape index (κ3) is 3.99. The van der Waals surface area contributed by atoms with Crippen molar-refractivity contribution in [2.24, 2.45) is 0 Å². The Morgan fingerprint density at radius 1 is 1.32 bits per heavy atom. The van der Waals surface area contributed by atoms with E-state index in [2.05, 4.69) is 25.7 Å². The Morgan fingerprint density at radius 3 is 2.92 bits per heavy atom. The number of carbonyl (C=O) groups is 1. The van der Waals surface area contributed by atoms with Crippen LogP contribution in [0.1, 0.15) is 29.9 Å². The smallest absolute Gasteiger partial charge is 0.275 e. The lowest BCUT2D eigenvalue weighted by molar-refractivity contribution is 0.102. The lowest BCUT2D eigenvalue weighted by Crippen LogP contribution is -2.12. The van der Waals surface area contributed by atoms with Gasteiger partial charge in [0.25, 0.3) is 5.91 Å². The molecule has 0 spiro atoms. The quantitative estimate of drug-likeness (QED) is 0.449. The minimum absolute atomic E-state index is 0.126. The first-order chi connectivity index (χ1) is 12.1. The number of aromatic nitrogens is 4. The number of anilines is 1. The number of benzene rings is 1. The molecule has 0 atom stereocenters. The van der Waals surface area contributed by atoms with E-state index in [0.717, 1.165) is 22.1 Å². The third-order valence-corrected chi connectivity index (χ3v) is 5.32. The first-order valence-electron chi connectivity index (χ1n) is 7.76. The van der Waals surface area contributed by atoms with Crippen LogP contribution in [0.2, 0.25) is 0 Å². The van der Waals surface area contributed by atoms with Gasteiger partial charge in [-0.25, -0.2) is 0 Å². The molecule has 7 nitrogen and oxygen atoms in total. The molecule has 0 aliphatic carbocycles. The Morgan fingerprint density at radius 2 is 2.16 bits per heavy atom. The topological polar surface area (TPSA) is 104 Å². The molecule has 0 saturated carbocycles. The SMILES string of the molecule is CCSc1nnc(NC(=O)c2cc(-c3cc(CC)ccc3O)n[nH]2)s1. The molecular weight excluding hydrogens is 358 g/mol. The molecule has 1 amide bonds. The van der Waals surface area contributed by atoms with Crippen LogP contribution in [0.4, 0.5) is 5.13 Å². The van der Waals surface area contributed by atoms with Gasteiger partial charge < -0.3 is 5.11 Å². The third-order valence-electron chi connectivity index (χ3n) is 3.46. The fourth-order valence-corrected chi connectivity index (χ4v) is 3.83. The van der Waals surface area contributed by atoms with E-state index < -0.39 is 0 Å². The van der Waals surface area contributed by atoms with Crippen LogP contribution in [-0.4, -0.2) is 37.2 Å². The highest BCUT2D eigenvalue weighted by Gasteiger charge is 2.15. The van der Waals surface area contributed by atoms with Gasteiger partial charge in [0, 0.05) is 5.56 Å². The number of hydrogen-bond donors (Lipinski definition) is 3. The van der Waals surface area contributed by atoms with Gasteiger partial charge in [-0.3, -0.25) is 15.2 Å². The van der Waals surface area contributed by atoms with Gasteiger partial charge in [0.15, 0.2) is 4.34 Å². The lowest BCUT2D eigenvalue weighted by atomic mass is 10.1. The first-order valence-corrected chi connectivity index (χ1v) is 9.56. The van der Waals surface area contributed by atoms with Gasteiger partial charge in [0.05, 0.1) is 5.69 Å². The van der Waals surface area contributed by atoms with Crippen LogP contribution in [-0.2, 0) is 6.42 Å². The zero-order chi connectivity index (χ0) is 17.8. The number of amides is 1. The van der Waals surface area contributed by atoms with E-state index in [9.17, 15) is 9.90 Å². The normalized spacial score (nSPS) is 10.8. The number of aryl methyl sites for hydroxylation is 1. The van der Waals surface area contributed by atoms with Gasteiger partial charge in [0.2, 0.25) is 5.13 Å². The average molecular weight is 375 g/mol. The van der Waals surface area contributed by atoms with Crippen LogP contribution in [0.5, 0.6) is 5.75 Å². The van der Waals surface area contributed by atoms with Gasteiger partial charge in [0.1, 0.15) is 11.4 Å². The molecule has 3 rings (SSSR count). The van der Waals surface area contributed by atoms with E-state index in [0.29, 0.717) is 16.4 Å². The van der Waals surface area contributed by atoms with Gasteiger partial charge in [-0.15, -0.1) is 10.2 Å². The monoisotopic (exact) mass is 375 g/mol. The molecule has 0 aliphatic rings. The fraction of sp³-hybridized carbons (Fsp3) is 0.250. The summed E-state index contributed by atoms with van der Waals surface area (Å²) in [7, 11) is 0. The minimum Gasteiger partial charge on any atom is -0.507 e. The van der Waals surface area contributed by atoms with E-state index in [1.54, 1.807) is 23.9 Å². The Kier molecular flexibility index (Phi) is 5.34. The zero-order valence-electron chi connectivity index (χ0n) is 13.7. The molecule has 0 bridgehead atoms. The number of nitrogens with one attached hydrogen (secondary N) is 2. The molecule has 2 heterocycles. The second-order valence-electron chi connectivity index (χ2n) is 5.13. The number of nitrogens with zero attached hydrogens (tertiary/aromatic N) is 3. The summed E-state index contributed by atoms with van der Waals surface area (Å²) in [4.78, 5) is 12.3. The van der Waals surface area contributed by atoms with Crippen molar-refractivity contribution in [2.75, 3.05) is 11.1 Å². The van der Waals surface area contributed by atoms with Gasteiger partial charge in [-0.05, 0) is 35.9 Å². The number of phenolic OH excluding ortho intramolecular Hbond substituents is 1. The van der Waals surface area contributed by atoms with Crippen molar-refractivity contribution in [3.63, 3.8) is 0 Å². The summed E-state index contributed by atoms with van der Waals surface area (Å²) in [5.41, 5.74) is 2.47. The van der Waals surface area contributed by atoms with Gasteiger partial charge >= 0.3 is 0 Å². The molecule has 9 heteroatoms. The summed E-state index contributed by atoms with van der Waals surface area (Å²) in [6.45, 7) is 4.06. The molecule has 0 radical (unpaired) electrons. The summed E-state index contributed by atoms with van der Waals surface area (Å²) >= 11 is 2.90. The van der Waals surface area contributed by atoms with Crippen LogP contribution >= 0.6 is 23.1 Å². The predicted octanol–water partition coefficient (Wildman–Crippen LogP) is 3.56. The molecule has 0 saturated heterocycles. The summed E-state index contributed by atoms with van der Waals surface area (Å²) in [5, 5.41) is 28.0. The van der Waals surface area contributed by atoms with E-state index in [1.165, 1.54) is 11.3 Å². The molecule has 130 valence electrons. The molecule has 3 aromatic rings. The molecule has 2 aromatic heterocycles. The van der Waals surface area contributed by atoms with E-state index in [1.807, 2.05) is 26.0 Å². The van der Waals surface area contributed by atoms with Crippen molar-refractivity contribution in [1.82, 2.24) is 20.4 Å². The van der Waals surface area contributed by atoms with Crippen LogP contribution in [0.3, 0.4) is 0 Å². The Hall–Kier alpha value is -2.39. The summed E-state index contributed by atoms with van der Waals surface area (Å²) < 4.78 is 0.810. The molecule has 0 fully saturated rings. The summed E-state index contributed by atoms with van der Waals surface area (Å²) in [6.07, 6.45) is 0.847. The van der Waals surface area contributed by atoms with Crippen LogP contribution < -0.4 is 5.32 Å². The van der Waals surface area contributed by atoms with E-state index in [4.69, 9.17) is 0 Å². The Bertz CT molecular complexity index is 890. The van der Waals surface area contributed by atoms with Crippen molar-refractivity contribution < 1.29 is 9.90 Å². The van der Waals surface area contributed by atoms with Gasteiger partial charge in [-0.1, -0.05) is 43.0 Å². The summed E-state index contributed by atoms with van der Waals surface area (Å²) in [6, 6.07) is 6.97. The number of aromatic hydroxyl groups is 1. The minimum atomic E-state index is -0.353. The number of rotatable bonds is 6. The predicted molar refractivity (Wildman–Crippen MR) is 99.3 cm³/mol. The number of hydrogen-bond acceptors (Lipinski definition) is 7. The number of thioether (sulfide) groups is 1. The van der Waals surface area contributed by atoms with Crippen molar-refractivity contribution in [2.45, 2.75) is 24.6 Å². The summed E-state index contributed by atoms with van der Waals surface area (Å²) in [5.74, 6) is 0.669. The highest BCUT2D eigenvalue weighted by Crippen LogP contribution is 2.30. The zero-order valence-corrected chi connectivity index (χ0v) is 15.4. The number of carbonyl (C=O) groups excluding carboxylic acids is 1. The standard InChI is InChI=1S/C16H17N5O2S2/c1-3-9-5-6-13(22)10(7-9)11-8-12(19-18-11)14(23)17-15-20-21-16(25-15)24-4-2/h5-8,22H,3-4H2,1-2H3,(H,18,19)(H,17,20,23). The van der Waals surface area contributed by atoms with Crippen molar-refractivity contribution in [1.29, 1.82) is 0 Å². The maximum atomic E-state index is 12.3. The van der Waals surface area contributed by atoms with E-state index >= 15 is 0 Å². The maximum absolute atomic E-state index is 12.3. The molecular formula is C16H17N5O2S2. The highest BCUT2D eigenvalue weighted by molar-refractivity contribution is 8.01. The Balaban J connectivity index is 1.77. The molecule has 0 aliphatic heterocycles. The van der Waals surface area contributed by atoms with Crippen LogP contribution in [0.15, 0.2) is 28.6 Å². The van der Waals surface area contributed by atoms with Gasteiger partial charge in [-0.2, -0.15) is 5.10 Å². The van der Waals surface area contributed by atoms with Crippen molar-refractivity contribution in [3.8, 4) is 17.0 Å². The fourth-order valence-electron chi connectivity index (χ4n) is 2.19. The number of aromatic amines is 1. The second kappa shape index (κ2) is 7.66.